The third-order valence-corrected chi connectivity index (χ3v) is 6.36. The van der Waals surface area contributed by atoms with E-state index < -0.39 is 10.0 Å². The molecule has 1 aromatic carbocycles. The van der Waals surface area contributed by atoms with E-state index in [1.54, 1.807) is 29.8 Å². The number of hydrogen-bond donors (Lipinski definition) is 1. The predicted octanol–water partition coefficient (Wildman–Crippen LogP) is 2.38. The molecule has 0 aliphatic carbocycles. The topological polar surface area (TPSA) is 88.8 Å². The third-order valence-electron chi connectivity index (χ3n) is 4.33. The molecule has 3 rings (SSSR count). The summed E-state index contributed by atoms with van der Waals surface area (Å²) in [6.45, 7) is 5.00. The van der Waals surface area contributed by atoms with Crippen molar-refractivity contribution in [3.63, 3.8) is 0 Å². The number of nitrogens with one attached hydrogen (secondary N) is 1. The number of sulfonamides is 1. The van der Waals surface area contributed by atoms with Crippen LogP contribution < -0.4 is 10.1 Å². The molecule has 0 atom stereocenters. The maximum Gasteiger partial charge on any atom is 0.244 e. The number of aromatic nitrogens is 3. The van der Waals surface area contributed by atoms with Crippen molar-refractivity contribution in [1.82, 2.24) is 18.9 Å². The van der Waals surface area contributed by atoms with E-state index in [1.807, 2.05) is 38.1 Å². The zero-order chi connectivity index (χ0) is 19.4. The Balaban J connectivity index is 1.86. The average molecular weight is 389 g/mol. The number of benzene rings is 1. The van der Waals surface area contributed by atoms with Crippen LogP contribution in [0.3, 0.4) is 0 Å². The van der Waals surface area contributed by atoms with E-state index in [4.69, 9.17) is 4.74 Å². The predicted molar refractivity (Wildman–Crippen MR) is 103 cm³/mol. The second kappa shape index (κ2) is 7.93. The Morgan fingerprint density at radius 1 is 1.07 bits per heavy atom. The number of ether oxygens (including phenoxy) is 1. The summed E-state index contributed by atoms with van der Waals surface area (Å²) >= 11 is 0. The zero-order valence-electron chi connectivity index (χ0n) is 15.6. The molecule has 0 amide bonds. The molecule has 0 fully saturated rings. The van der Waals surface area contributed by atoms with Gasteiger partial charge in [0.15, 0.2) is 5.65 Å². The summed E-state index contributed by atoms with van der Waals surface area (Å²) in [6.07, 6.45) is 1.55. The lowest BCUT2D eigenvalue weighted by molar-refractivity contribution is 0.414. The maximum atomic E-state index is 12.8. The van der Waals surface area contributed by atoms with E-state index in [0.29, 0.717) is 31.2 Å². The van der Waals surface area contributed by atoms with Crippen molar-refractivity contribution >= 4 is 21.6 Å². The van der Waals surface area contributed by atoms with Crippen LogP contribution in [0.25, 0.3) is 5.65 Å². The number of pyridine rings is 1. The molecule has 0 unspecified atom stereocenters. The first-order chi connectivity index (χ1) is 13.0. The SMILES string of the molecule is CCN(CC)S(=O)(=O)c1ccc2nnc(NCc3ccc(OC)cc3)n2c1. The molecule has 0 spiro atoms. The third kappa shape index (κ3) is 3.88. The molecular weight excluding hydrogens is 366 g/mol. The first kappa shape index (κ1) is 19.1. The van der Waals surface area contributed by atoms with Crippen LogP contribution in [-0.2, 0) is 16.6 Å². The van der Waals surface area contributed by atoms with Crippen LogP contribution in [0.2, 0.25) is 0 Å². The fourth-order valence-corrected chi connectivity index (χ4v) is 4.24. The molecule has 27 heavy (non-hydrogen) atoms. The monoisotopic (exact) mass is 389 g/mol. The highest BCUT2D eigenvalue weighted by atomic mass is 32.2. The van der Waals surface area contributed by atoms with E-state index in [1.165, 1.54) is 4.31 Å². The van der Waals surface area contributed by atoms with E-state index >= 15 is 0 Å². The highest BCUT2D eigenvalue weighted by Crippen LogP contribution is 2.19. The molecule has 2 heterocycles. The number of hydrogen-bond acceptors (Lipinski definition) is 6. The van der Waals surface area contributed by atoms with Gasteiger partial charge in [-0.2, -0.15) is 4.31 Å². The Bertz CT molecular complexity index is 1010. The van der Waals surface area contributed by atoms with Gasteiger partial charge in [0.25, 0.3) is 0 Å². The van der Waals surface area contributed by atoms with Gasteiger partial charge in [-0.05, 0) is 29.8 Å². The van der Waals surface area contributed by atoms with Gasteiger partial charge in [-0.1, -0.05) is 26.0 Å². The van der Waals surface area contributed by atoms with Crippen molar-refractivity contribution in [1.29, 1.82) is 0 Å². The molecule has 0 aliphatic heterocycles. The summed E-state index contributed by atoms with van der Waals surface area (Å²) in [7, 11) is -1.92. The summed E-state index contributed by atoms with van der Waals surface area (Å²) < 4.78 is 33.7. The summed E-state index contributed by atoms with van der Waals surface area (Å²) in [5.74, 6) is 1.27. The normalized spacial score (nSPS) is 11.9. The van der Waals surface area contributed by atoms with Gasteiger partial charge in [-0.15, -0.1) is 10.2 Å². The molecule has 3 aromatic rings. The number of nitrogens with zero attached hydrogens (tertiary/aromatic N) is 4. The van der Waals surface area contributed by atoms with Gasteiger partial charge >= 0.3 is 0 Å². The van der Waals surface area contributed by atoms with Gasteiger partial charge in [0.1, 0.15) is 5.75 Å². The van der Waals surface area contributed by atoms with E-state index in [-0.39, 0.29) is 4.90 Å². The molecule has 0 saturated carbocycles. The minimum atomic E-state index is -3.55. The van der Waals surface area contributed by atoms with Crippen LogP contribution in [0.4, 0.5) is 5.95 Å². The van der Waals surface area contributed by atoms with Crippen LogP contribution in [0.5, 0.6) is 5.75 Å². The molecule has 2 aromatic heterocycles. The molecule has 144 valence electrons. The quantitative estimate of drug-likeness (QED) is 0.636. The Morgan fingerprint density at radius 3 is 2.41 bits per heavy atom. The molecule has 0 saturated heterocycles. The van der Waals surface area contributed by atoms with E-state index in [9.17, 15) is 8.42 Å². The van der Waals surface area contributed by atoms with Crippen molar-refractivity contribution in [3.05, 3.63) is 48.2 Å². The number of rotatable bonds is 8. The van der Waals surface area contributed by atoms with Crippen LogP contribution >= 0.6 is 0 Å². The van der Waals surface area contributed by atoms with Crippen molar-refractivity contribution in [2.24, 2.45) is 0 Å². The lowest BCUT2D eigenvalue weighted by Crippen LogP contribution is -2.30. The highest BCUT2D eigenvalue weighted by Gasteiger charge is 2.22. The minimum absolute atomic E-state index is 0.214. The summed E-state index contributed by atoms with van der Waals surface area (Å²) in [5, 5.41) is 11.4. The van der Waals surface area contributed by atoms with Gasteiger partial charge < -0.3 is 10.1 Å². The molecule has 0 radical (unpaired) electrons. The lowest BCUT2D eigenvalue weighted by Gasteiger charge is -2.18. The van der Waals surface area contributed by atoms with E-state index in [0.717, 1.165) is 11.3 Å². The lowest BCUT2D eigenvalue weighted by atomic mass is 10.2. The molecule has 1 N–H and O–H groups in total. The smallest absolute Gasteiger partial charge is 0.244 e. The Hall–Kier alpha value is -2.65. The first-order valence-corrected chi connectivity index (χ1v) is 10.1. The van der Waals surface area contributed by atoms with Crippen molar-refractivity contribution < 1.29 is 13.2 Å². The summed E-state index contributed by atoms with van der Waals surface area (Å²) in [6, 6.07) is 10.9. The Labute approximate surface area is 158 Å². The van der Waals surface area contributed by atoms with Crippen molar-refractivity contribution in [3.8, 4) is 5.75 Å². The fourth-order valence-electron chi connectivity index (χ4n) is 2.78. The molecule has 8 nitrogen and oxygen atoms in total. The standard InChI is InChI=1S/C18H23N5O3S/c1-4-22(5-2)27(24,25)16-10-11-17-20-21-18(23(17)13-16)19-12-14-6-8-15(26-3)9-7-14/h6-11,13H,4-5,12H2,1-3H3,(H,19,21). The number of fused-ring (bicyclic) bond motifs is 1. The van der Waals surface area contributed by atoms with Gasteiger partial charge in [-0.25, -0.2) is 8.42 Å². The minimum Gasteiger partial charge on any atom is -0.497 e. The van der Waals surface area contributed by atoms with Gasteiger partial charge in [0.05, 0.1) is 12.0 Å². The first-order valence-electron chi connectivity index (χ1n) is 8.71. The maximum absolute atomic E-state index is 12.8. The second-order valence-electron chi connectivity index (χ2n) is 5.91. The largest absolute Gasteiger partial charge is 0.497 e. The molecule has 9 heteroatoms. The van der Waals surface area contributed by atoms with Gasteiger partial charge in [0, 0.05) is 25.8 Å². The van der Waals surface area contributed by atoms with Crippen LogP contribution in [0, 0.1) is 0 Å². The summed E-state index contributed by atoms with van der Waals surface area (Å²) in [5.41, 5.74) is 1.62. The molecule has 0 bridgehead atoms. The molecular formula is C18H23N5O3S. The van der Waals surface area contributed by atoms with Crippen molar-refractivity contribution in [2.75, 3.05) is 25.5 Å². The summed E-state index contributed by atoms with van der Waals surface area (Å²) in [4.78, 5) is 0.214. The van der Waals surface area contributed by atoms with Crippen molar-refractivity contribution in [2.45, 2.75) is 25.3 Å². The van der Waals surface area contributed by atoms with Gasteiger partial charge in [-0.3, -0.25) is 4.40 Å². The number of methoxy groups -OCH3 is 1. The molecule has 0 aliphatic rings. The number of anilines is 1. The van der Waals surface area contributed by atoms with Crippen LogP contribution in [-0.4, -0.2) is 47.5 Å². The van der Waals surface area contributed by atoms with Crippen LogP contribution in [0.15, 0.2) is 47.5 Å². The van der Waals surface area contributed by atoms with Gasteiger partial charge in [0.2, 0.25) is 16.0 Å². The second-order valence-corrected chi connectivity index (χ2v) is 7.85. The average Bonchev–Trinajstić information content (AvgIpc) is 3.10. The van der Waals surface area contributed by atoms with Crippen LogP contribution in [0.1, 0.15) is 19.4 Å². The fraction of sp³-hybridized carbons (Fsp3) is 0.333. The Kier molecular flexibility index (Phi) is 5.62. The highest BCUT2D eigenvalue weighted by molar-refractivity contribution is 7.89. The van der Waals surface area contributed by atoms with E-state index in [2.05, 4.69) is 15.5 Å². The Morgan fingerprint density at radius 2 is 1.78 bits per heavy atom. The zero-order valence-corrected chi connectivity index (χ0v) is 16.4.